The van der Waals surface area contributed by atoms with E-state index >= 15 is 0 Å². The van der Waals surface area contributed by atoms with E-state index in [9.17, 15) is 4.79 Å². The summed E-state index contributed by atoms with van der Waals surface area (Å²) in [7, 11) is 0. The Morgan fingerprint density at radius 3 is 2.64 bits per heavy atom. The molecule has 144 valence electrons. The summed E-state index contributed by atoms with van der Waals surface area (Å²) in [6.07, 6.45) is 5.62. The highest BCUT2D eigenvalue weighted by Crippen LogP contribution is 2.31. The highest BCUT2D eigenvalue weighted by atomic mass is 35.5. The van der Waals surface area contributed by atoms with Crippen molar-refractivity contribution in [1.29, 1.82) is 0 Å². The number of hydrogen-bond acceptors (Lipinski definition) is 5. The average Bonchev–Trinajstić information content (AvgIpc) is 3.39. The molecule has 0 bridgehead atoms. The third kappa shape index (κ3) is 3.77. The van der Waals surface area contributed by atoms with Gasteiger partial charge in [-0.1, -0.05) is 29.4 Å². The number of rotatable bonds is 5. The van der Waals surface area contributed by atoms with Crippen LogP contribution in [0.25, 0.3) is 17.1 Å². The minimum absolute atomic E-state index is 0.144. The molecule has 6 nitrogen and oxygen atoms in total. The zero-order valence-corrected chi connectivity index (χ0v) is 17.1. The molecule has 0 unspecified atom stereocenters. The van der Waals surface area contributed by atoms with Gasteiger partial charge in [0.1, 0.15) is 0 Å². The van der Waals surface area contributed by atoms with Gasteiger partial charge in [-0.25, -0.2) is 0 Å². The van der Waals surface area contributed by atoms with E-state index in [0.29, 0.717) is 21.8 Å². The maximum Gasteiger partial charge on any atom is 0.233 e. The number of pyridine rings is 1. The fraction of sp³-hybridized carbons (Fsp3) is 0.300. The summed E-state index contributed by atoms with van der Waals surface area (Å²) in [6.45, 7) is 3.67. The third-order valence-electron chi connectivity index (χ3n) is 4.84. The summed E-state index contributed by atoms with van der Waals surface area (Å²) in [6, 6.07) is 9.54. The zero-order valence-electron chi connectivity index (χ0n) is 15.5. The number of carbonyl (C=O) groups excluding carboxylic acids is 1. The minimum Gasteiger partial charge on any atom is -0.342 e. The van der Waals surface area contributed by atoms with Crippen molar-refractivity contribution in [3.63, 3.8) is 0 Å². The predicted molar refractivity (Wildman–Crippen MR) is 111 cm³/mol. The molecule has 28 heavy (non-hydrogen) atoms. The Bertz CT molecular complexity index is 986. The second-order valence-electron chi connectivity index (χ2n) is 6.64. The largest absolute Gasteiger partial charge is 0.342 e. The van der Waals surface area contributed by atoms with Gasteiger partial charge in [0.05, 0.1) is 11.4 Å². The topological polar surface area (TPSA) is 63.9 Å². The van der Waals surface area contributed by atoms with Crippen LogP contribution in [0.3, 0.4) is 0 Å². The van der Waals surface area contributed by atoms with Crippen LogP contribution in [-0.4, -0.2) is 49.4 Å². The number of amides is 1. The van der Waals surface area contributed by atoms with Crippen molar-refractivity contribution < 1.29 is 4.79 Å². The number of aromatic nitrogens is 4. The van der Waals surface area contributed by atoms with Crippen LogP contribution in [0.4, 0.5) is 0 Å². The van der Waals surface area contributed by atoms with E-state index in [1.165, 1.54) is 11.8 Å². The minimum atomic E-state index is 0.144. The molecule has 1 aliphatic heterocycles. The second-order valence-corrected chi connectivity index (χ2v) is 7.99. The van der Waals surface area contributed by atoms with Gasteiger partial charge in [-0.15, -0.1) is 10.2 Å². The van der Waals surface area contributed by atoms with Crippen molar-refractivity contribution in [2.24, 2.45) is 0 Å². The molecule has 3 aromatic rings. The van der Waals surface area contributed by atoms with Crippen LogP contribution in [-0.2, 0) is 4.79 Å². The Morgan fingerprint density at radius 2 is 1.89 bits per heavy atom. The number of benzene rings is 1. The van der Waals surface area contributed by atoms with Crippen molar-refractivity contribution in [3.05, 3.63) is 53.3 Å². The van der Waals surface area contributed by atoms with Crippen molar-refractivity contribution in [2.45, 2.75) is 24.9 Å². The van der Waals surface area contributed by atoms with Crippen LogP contribution in [0, 0.1) is 6.92 Å². The first-order valence-electron chi connectivity index (χ1n) is 9.17. The molecule has 0 atom stereocenters. The van der Waals surface area contributed by atoms with Gasteiger partial charge < -0.3 is 4.90 Å². The van der Waals surface area contributed by atoms with Gasteiger partial charge in [0, 0.05) is 36.1 Å². The lowest BCUT2D eigenvalue weighted by Crippen LogP contribution is -2.29. The predicted octanol–water partition coefficient (Wildman–Crippen LogP) is 4.01. The van der Waals surface area contributed by atoms with Gasteiger partial charge in [-0.2, -0.15) is 0 Å². The maximum atomic E-state index is 12.5. The normalized spacial score (nSPS) is 13.9. The Labute approximate surface area is 172 Å². The molecule has 0 radical (unpaired) electrons. The molecule has 1 aliphatic rings. The number of carbonyl (C=O) groups is 1. The molecule has 1 aromatic carbocycles. The monoisotopic (exact) mass is 413 g/mol. The molecular formula is C20H20ClN5OS. The fourth-order valence-electron chi connectivity index (χ4n) is 3.29. The second kappa shape index (κ2) is 8.32. The van der Waals surface area contributed by atoms with Crippen LogP contribution in [0.2, 0.25) is 5.02 Å². The quantitative estimate of drug-likeness (QED) is 0.591. The number of thioether (sulfide) groups is 1. The average molecular weight is 414 g/mol. The zero-order chi connectivity index (χ0) is 19.5. The van der Waals surface area contributed by atoms with Crippen molar-refractivity contribution in [3.8, 4) is 17.1 Å². The molecule has 3 heterocycles. The lowest BCUT2D eigenvalue weighted by atomic mass is 10.2. The fourth-order valence-corrected chi connectivity index (χ4v) is 4.31. The lowest BCUT2D eigenvalue weighted by molar-refractivity contribution is -0.127. The first kappa shape index (κ1) is 19.0. The third-order valence-corrected chi connectivity index (χ3v) is 6.16. The molecule has 0 spiro atoms. The van der Waals surface area contributed by atoms with Gasteiger partial charge in [0.2, 0.25) is 5.91 Å². The van der Waals surface area contributed by atoms with E-state index in [1.54, 1.807) is 12.4 Å². The molecule has 1 saturated heterocycles. The van der Waals surface area contributed by atoms with Gasteiger partial charge >= 0.3 is 0 Å². The van der Waals surface area contributed by atoms with E-state index in [0.717, 1.165) is 42.7 Å². The number of likely N-dealkylation sites (tertiary alicyclic amines) is 1. The number of hydrogen-bond donors (Lipinski definition) is 0. The van der Waals surface area contributed by atoms with E-state index in [2.05, 4.69) is 15.2 Å². The van der Waals surface area contributed by atoms with Gasteiger partial charge in [-0.05, 0) is 49.6 Å². The summed E-state index contributed by atoms with van der Waals surface area (Å²) in [5.41, 5.74) is 2.74. The Morgan fingerprint density at radius 1 is 1.14 bits per heavy atom. The first-order valence-corrected chi connectivity index (χ1v) is 10.5. The standard InChI is InChI=1S/C20H20ClN5OS/c1-14-16(21)5-4-6-17(14)26-19(15-7-9-22-10-8-15)23-24-20(26)28-13-18(27)25-11-2-3-12-25/h4-10H,2-3,11-13H2,1H3. The number of nitrogens with zero attached hydrogens (tertiary/aromatic N) is 5. The molecule has 1 fully saturated rings. The van der Waals surface area contributed by atoms with E-state index in [1.807, 2.05) is 46.7 Å². The Kier molecular flexibility index (Phi) is 5.64. The molecular weight excluding hydrogens is 394 g/mol. The van der Waals surface area contributed by atoms with Gasteiger partial charge in [0.15, 0.2) is 11.0 Å². The van der Waals surface area contributed by atoms with Crippen LogP contribution in [0.5, 0.6) is 0 Å². The van der Waals surface area contributed by atoms with E-state index < -0.39 is 0 Å². The highest BCUT2D eigenvalue weighted by molar-refractivity contribution is 7.99. The van der Waals surface area contributed by atoms with Crippen LogP contribution >= 0.6 is 23.4 Å². The molecule has 4 rings (SSSR count). The lowest BCUT2D eigenvalue weighted by Gasteiger charge is -2.16. The molecule has 2 aromatic heterocycles. The van der Waals surface area contributed by atoms with Crippen LogP contribution < -0.4 is 0 Å². The Balaban J connectivity index is 1.71. The summed E-state index contributed by atoms with van der Waals surface area (Å²) < 4.78 is 1.97. The van der Waals surface area contributed by atoms with Crippen LogP contribution in [0.1, 0.15) is 18.4 Å². The SMILES string of the molecule is Cc1c(Cl)cccc1-n1c(SCC(=O)N2CCCC2)nnc1-c1ccncc1. The molecule has 1 amide bonds. The molecule has 0 N–H and O–H groups in total. The first-order chi connectivity index (χ1) is 13.6. The molecule has 0 aliphatic carbocycles. The van der Waals surface area contributed by atoms with Crippen molar-refractivity contribution >= 4 is 29.3 Å². The smallest absolute Gasteiger partial charge is 0.233 e. The van der Waals surface area contributed by atoms with Crippen LogP contribution in [0.15, 0.2) is 47.9 Å². The van der Waals surface area contributed by atoms with Gasteiger partial charge in [-0.3, -0.25) is 14.3 Å². The maximum absolute atomic E-state index is 12.5. The summed E-state index contributed by atoms with van der Waals surface area (Å²) in [5.74, 6) is 1.18. The summed E-state index contributed by atoms with van der Waals surface area (Å²) >= 11 is 7.77. The van der Waals surface area contributed by atoms with E-state index in [4.69, 9.17) is 11.6 Å². The summed E-state index contributed by atoms with van der Waals surface area (Å²) in [5, 5.41) is 10.1. The summed E-state index contributed by atoms with van der Waals surface area (Å²) in [4.78, 5) is 18.5. The number of halogens is 1. The van der Waals surface area contributed by atoms with E-state index in [-0.39, 0.29) is 5.91 Å². The highest BCUT2D eigenvalue weighted by Gasteiger charge is 2.22. The van der Waals surface area contributed by atoms with Gasteiger partial charge in [0.25, 0.3) is 0 Å². The molecule has 0 saturated carbocycles. The molecule has 8 heteroatoms. The Hall–Kier alpha value is -2.38. The van der Waals surface area contributed by atoms with Crippen molar-refractivity contribution in [1.82, 2.24) is 24.6 Å². The van der Waals surface area contributed by atoms with Crippen molar-refractivity contribution in [2.75, 3.05) is 18.8 Å².